The molecule has 0 N–H and O–H groups in total. The second-order valence-electron chi connectivity index (χ2n) is 5.91. The number of fused-ring (bicyclic) bond motifs is 1. The third-order valence-corrected chi connectivity index (χ3v) is 5.09. The Bertz CT molecular complexity index is 1100. The first-order valence-corrected chi connectivity index (χ1v) is 9.39. The van der Waals surface area contributed by atoms with E-state index < -0.39 is 5.97 Å². The molecular formula is C21H17NO5S. The molecule has 2 aromatic heterocycles. The molecule has 4 aromatic rings. The van der Waals surface area contributed by atoms with Crippen molar-refractivity contribution in [2.75, 3.05) is 14.2 Å². The molecule has 28 heavy (non-hydrogen) atoms. The highest BCUT2D eigenvalue weighted by Gasteiger charge is 2.17. The molecule has 2 heterocycles. The molecule has 2 aromatic carbocycles. The van der Waals surface area contributed by atoms with E-state index in [-0.39, 0.29) is 12.4 Å². The Balaban J connectivity index is 1.49. The summed E-state index contributed by atoms with van der Waals surface area (Å²) in [6.07, 6.45) is 0. The van der Waals surface area contributed by atoms with Crippen LogP contribution in [0, 0.1) is 0 Å². The number of esters is 1. The first-order chi connectivity index (χ1) is 13.7. The van der Waals surface area contributed by atoms with Gasteiger partial charge in [-0.3, -0.25) is 0 Å². The van der Waals surface area contributed by atoms with Gasteiger partial charge < -0.3 is 18.6 Å². The predicted molar refractivity (Wildman–Crippen MR) is 106 cm³/mol. The molecule has 0 bridgehead atoms. The number of carbonyl (C=O) groups is 1. The third-order valence-electron chi connectivity index (χ3n) is 4.16. The highest BCUT2D eigenvalue weighted by Crippen LogP contribution is 2.39. The van der Waals surface area contributed by atoms with Crippen molar-refractivity contribution in [1.29, 1.82) is 0 Å². The molecule has 0 aliphatic carbocycles. The molecule has 0 saturated heterocycles. The van der Waals surface area contributed by atoms with Crippen LogP contribution < -0.4 is 9.47 Å². The van der Waals surface area contributed by atoms with E-state index in [4.69, 9.17) is 18.6 Å². The molecule has 0 fully saturated rings. The fraction of sp³-hybridized carbons (Fsp3) is 0.143. The number of benzene rings is 2. The van der Waals surface area contributed by atoms with Gasteiger partial charge in [0, 0.05) is 10.8 Å². The maximum atomic E-state index is 12.3. The van der Waals surface area contributed by atoms with E-state index in [1.807, 2.05) is 41.8 Å². The van der Waals surface area contributed by atoms with Crippen LogP contribution in [0.3, 0.4) is 0 Å². The Morgan fingerprint density at radius 2 is 1.96 bits per heavy atom. The predicted octanol–water partition coefficient (Wildman–Crippen LogP) is 4.93. The number of methoxy groups -OCH3 is 2. The molecule has 0 aliphatic rings. The Morgan fingerprint density at radius 3 is 2.75 bits per heavy atom. The summed E-state index contributed by atoms with van der Waals surface area (Å²) in [6.45, 7) is 0.0542. The lowest BCUT2D eigenvalue weighted by Gasteiger charge is -2.10. The number of hydrogen-bond donors (Lipinski definition) is 0. The fourth-order valence-electron chi connectivity index (χ4n) is 2.85. The van der Waals surface area contributed by atoms with E-state index in [1.165, 1.54) is 11.3 Å². The molecule has 0 aliphatic heterocycles. The van der Waals surface area contributed by atoms with Crippen molar-refractivity contribution in [3.05, 3.63) is 65.4 Å². The first-order valence-electron chi connectivity index (χ1n) is 8.51. The van der Waals surface area contributed by atoms with E-state index in [9.17, 15) is 4.79 Å². The number of aromatic nitrogens is 1. The number of carbonyl (C=O) groups excluding carboxylic acids is 1. The highest BCUT2D eigenvalue weighted by molar-refractivity contribution is 7.13. The fourth-order valence-corrected chi connectivity index (χ4v) is 3.67. The van der Waals surface area contributed by atoms with Crippen molar-refractivity contribution < 1.29 is 23.4 Å². The van der Waals surface area contributed by atoms with Crippen LogP contribution in [-0.2, 0) is 11.3 Å². The number of hydrogen-bond acceptors (Lipinski definition) is 7. The monoisotopic (exact) mass is 395 g/mol. The topological polar surface area (TPSA) is 70.8 Å². The van der Waals surface area contributed by atoms with E-state index in [0.29, 0.717) is 22.8 Å². The van der Waals surface area contributed by atoms with E-state index in [1.54, 1.807) is 26.4 Å². The summed E-state index contributed by atoms with van der Waals surface area (Å²) in [5, 5.41) is 3.46. The number of para-hydroxylation sites is 2. The van der Waals surface area contributed by atoms with Crippen molar-refractivity contribution >= 4 is 28.3 Å². The average Bonchev–Trinajstić information content (AvgIpc) is 3.38. The number of furan rings is 1. The van der Waals surface area contributed by atoms with Crippen LogP contribution in [0.25, 0.3) is 21.5 Å². The van der Waals surface area contributed by atoms with Gasteiger partial charge in [0.25, 0.3) is 0 Å². The van der Waals surface area contributed by atoms with Gasteiger partial charge in [-0.2, -0.15) is 0 Å². The van der Waals surface area contributed by atoms with Crippen LogP contribution in [0.1, 0.15) is 16.2 Å². The maximum absolute atomic E-state index is 12.3. The molecule has 0 spiro atoms. The summed E-state index contributed by atoms with van der Waals surface area (Å²) in [4.78, 5) is 16.8. The van der Waals surface area contributed by atoms with Crippen LogP contribution in [0.2, 0.25) is 0 Å². The number of thiazole rings is 1. The molecule has 0 saturated carbocycles. The van der Waals surface area contributed by atoms with Gasteiger partial charge in [-0.15, -0.1) is 11.3 Å². The van der Waals surface area contributed by atoms with Crippen LogP contribution in [0.5, 0.6) is 11.5 Å². The molecule has 7 heteroatoms. The molecular weight excluding hydrogens is 378 g/mol. The summed E-state index contributed by atoms with van der Waals surface area (Å²) in [6, 6.07) is 14.7. The van der Waals surface area contributed by atoms with Crippen molar-refractivity contribution in [1.82, 2.24) is 4.98 Å². The van der Waals surface area contributed by atoms with Crippen molar-refractivity contribution in [3.8, 4) is 22.1 Å². The first kappa shape index (κ1) is 18.1. The van der Waals surface area contributed by atoms with Crippen LogP contribution in [-0.4, -0.2) is 25.2 Å². The zero-order chi connectivity index (χ0) is 19.5. The van der Waals surface area contributed by atoms with Gasteiger partial charge in [-0.1, -0.05) is 24.3 Å². The van der Waals surface area contributed by atoms with Crippen LogP contribution in [0.4, 0.5) is 0 Å². The van der Waals surface area contributed by atoms with Crippen LogP contribution in [0.15, 0.2) is 58.3 Å². The van der Waals surface area contributed by atoms with Crippen LogP contribution >= 0.6 is 11.3 Å². The third kappa shape index (κ3) is 3.44. The normalized spacial score (nSPS) is 10.8. The molecule has 4 rings (SSSR count). The zero-order valence-corrected chi connectivity index (χ0v) is 16.1. The minimum Gasteiger partial charge on any atom is -0.493 e. The summed E-state index contributed by atoms with van der Waals surface area (Å²) in [5.74, 6) is 0.897. The molecule has 0 amide bonds. The number of rotatable bonds is 6. The SMILES string of the molecule is COc1cccc(-c2nc(COC(=O)c3cc4ccccc4o3)cs2)c1OC. The Labute approximate surface area is 165 Å². The van der Waals surface area contributed by atoms with Gasteiger partial charge in [0.1, 0.15) is 17.2 Å². The van der Waals surface area contributed by atoms with E-state index in [2.05, 4.69) is 4.98 Å². The van der Waals surface area contributed by atoms with Crippen molar-refractivity contribution in [3.63, 3.8) is 0 Å². The standard InChI is InChI=1S/C21H17NO5S/c1-24-17-9-5-7-15(19(17)25-2)20-22-14(12-28-20)11-26-21(23)18-10-13-6-3-4-8-16(13)27-18/h3-10,12H,11H2,1-2H3. The zero-order valence-electron chi connectivity index (χ0n) is 15.3. The lowest BCUT2D eigenvalue weighted by Crippen LogP contribution is -2.04. The maximum Gasteiger partial charge on any atom is 0.374 e. The quantitative estimate of drug-likeness (QED) is 0.431. The second-order valence-corrected chi connectivity index (χ2v) is 6.77. The van der Waals surface area contributed by atoms with Crippen molar-refractivity contribution in [2.45, 2.75) is 6.61 Å². The number of ether oxygens (including phenoxy) is 3. The second kappa shape index (κ2) is 7.74. The lowest BCUT2D eigenvalue weighted by molar-refractivity contribution is 0.0434. The van der Waals surface area contributed by atoms with Gasteiger partial charge in [-0.05, 0) is 24.3 Å². The Morgan fingerprint density at radius 1 is 1.11 bits per heavy atom. The molecule has 6 nitrogen and oxygen atoms in total. The van der Waals surface area contributed by atoms with E-state index in [0.717, 1.165) is 16.0 Å². The summed E-state index contributed by atoms with van der Waals surface area (Å²) in [5.41, 5.74) is 2.12. The Kier molecular flexibility index (Phi) is 4.99. The Hall–Kier alpha value is -3.32. The smallest absolute Gasteiger partial charge is 0.374 e. The summed E-state index contributed by atoms with van der Waals surface area (Å²) in [7, 11) is 3.18. The van der Waals surface area contributed by atoms with E-state index >= 15 is 0 Å². The lowest BCUT2D eigenvalue weighted by atomic mass is 10.2. The van der Waals surface area contributed by atoms with Crippen molar-refractivity contribution in [2.24, 2.45) is 0 Å². The minimum atomic E-state index is -0.523. The van der Waals surface area contributed by atoms with Gasteiger partial charge in [-0.25, -0.2) is 9.78 Å². The van der Waals surface area contributed by atoms with Gasteiger partial charge in [0.15, 0.2) is 11.5 Å². The van der Waals surface area contributed by atoms with Gasteiger partial charge in [0.05, 0.1) is 25.5 Å². The molecule has 142 valence electrons. The summed E-state index contributed by atoms with van der Waals surface area (Å²) < 4.78 is 21.7. The molecule has 0 radical (unpaired) electrons. The minimum absolute atomic E-state index is 0.0542. The average molecular weight is 395 g/mol. The summed E-state index contributed by atoms with van der Waals surface area (Å²) >= 11 is 1.44. The number of nitrogens with zero attached hydrogens (tertiary/aromatic N) is 1. The largest absolute Gasteiger partial charge is 0.493 e. The van der Waals surface area contributed by atoms with Gasteiger partial charge in [0.2, 0.25) is 5.76 Å². The molecule has 0 unspecified atom stereocenters. The van der Waals surface area contributed by atoms with Gasteiger partial charge >= 0.3 is 5.97 Å². The molecule has 0 atom stereocenters. The highest BCUT2D eigenvalue weighted by atomic mass is 32.1.